The fraction of sp³-hybridized carbons (Fsp3) is 0.300. The lowest BCUT2D eigenvalue weighted by molar-refractivity contribution is -0.128. The second-order valence-corrected chi connectivity index (χ2v) is 7.25. The lowest BCUT2D eigenvalue weighted by atomic mass is 10.1. The van der Waals surface area contributed by atoms with Crippen molar-refractivity contribution in [2.24, 2.45) is 5.73 Å². The van der Waals surface area contributed by atoms with E-state index in [0.717, 1.165) is 6.42 Å². The third-order valence-corrected chi connectivity index (χ3v) is 5.06. The molecule has 0 aliphatic carbocycles. The number of ketones is 1. The van der Waals surface area contributed by atoms with Crippen LogP contribution in [0.15, 0.2) is 54.6 Å². The van der Waals surface area contributed by atoms with Gasteiger partial charge in [-0.1, -0.05) is 41.9 Å². The van der Waals surface area contributed by atoms with Gasteiger partial charge in [0.2, 0.25) is 5.91 Å². The van der Waals surface area contributed by atoms with Crippen LogP contribution in [0.25, 0.3) is 0 Å². The minimum Gasteiger partial charge on any atom is -0.340 e. The highest BCUT2D eigenvalue weighted by molar-refractivity contribution is 8.00. The SMILES string of the molecule is Cl.NCCN(CCc1ccccc1)C(=O)CSCC(=O)c1ccc(Cl)cc1. The molecule has 7 heteroatoms. The number of amides is 1. The third kappa shape index (κ3) is 8.35. The molecule has 0 unspecified atom stereocenters. The fourth-order valence-electron chi connectivity index (χ4n) is 2.47. The van der Waals surface area contributed by atoms with Gasteiger partial charge in [-0.15, -0.1) is 24.2 Å². The van der Waals surface area contributed by atoms with Crippen LogP contribution in [0.2, 0.25) is 5.02 Å². The van der Waals surface area contributed by atoms with Crippen LogP contribution in [0, 0.1) is 0 Å². The second-order valence-electron chi connectivity index (χ2n) is 5.83. The summed E-state index contributed by atoms with van der Waals surface area (Å²) in [5.74, 6) is 0.547. The summed E-state index contributed by atoms with van der Waals surface area (Å²) in [6.07, 6.45) is 0.793. The minimum atomic E-state index is -0.00544. The molecule has 0 aromatic heterocycles. The standard InChI is InChI=1S/C20H23ClN2O2S.ClH/c21-18-8-6-17(7-9-18)19(24)14-26-15-20(25)23(13-11-22)12-10-16-4-2-1-3-5-16;/h1-9H,10-15,22H2;1H. The lowest BCUT2D eigenvalue weighted by Gasteiger charge is -2.22. The van der Waals surface area contributed by atoms with Crippen LogP contribution in [0.3, 0.4) is 0 Å². The van der Waals surface area contributed by atoms with E-state index >= 15 is 0 Å². The quantitative estimate of drug-likeness (QED) is 0.588. The molecule has 27 heavy (non-hydrogen) atoms. The summed E-state index contributed by atoms with van der Waals surface area (Å²) in [5, 5.41) is 0.597. The van der Waals surface area contributed by atoms with Gasteiger partial charge in [0.25, 0.3) is 0 Å². The number of halogens is 2. The zero-order chi connectivity index (χ0) is 18.8. The molecule has 0 saturated heterocycles. The maximum Gasteiger partial charge on any atom is 0.232 e. The first-order chi connectivity index (χ1) is 12.6. The van der Waals surface area contributed by atoms with Crippen molar-refractivity contribution in [3.63, 3.8) is 0 Å². The first kappa shape index (κ1) is 23.5. The van der Waals surface area contributed by atoms with Crippen LogP contribution in [0.4, 0.5) is 0 Å². The largest absolute Gasteiger partial charge is 0.340 e. The second kappa shape index (κ2) is 12.8. The molecule has 0 saturated carbocycles. The van der Waals surface area contributed by atoms with Crippen LogP contribution >= 0.6 is 35.8 Å². The number of hydrogen-bond donors (Lipinski definition) is 1. The van der Waals surface area contributed by atoms with Crippen LogP contribution < -0.4 is 5.73 Å². The average Bonchev–Trinajstić information content (AvgIpc) is 2.66. The van der Waals surface area contributed by atoms with Crippen molar-refractivity contribution in [2.45, 2.75) is 6.42 Å². The molecule has 146 valence electrons. The number of rotatable bonds is 10. The van der Waals surface area contributed by atoms with Crippen molar-refractivity contribution in [1.29, 1.82) is 0 Å². The van der Waals surface area contributed by atoms with Crippen LogP contribution in [0.5, 0.6) is 0 Å². The maximum absolute atomic E-state index is 12.4. The van der Waals surface area contributed by atoms with Crippen LogP contribution in [0.1, 0.15) is 15.9 Å². The number of nitrogens with two attached hydrogens (primary N) is 1. The van der Waals surface area contributed by atoms with Gasteiger partial charge < -0.3 is 10.6 Å². The number of nitrogens with zero attached hydrogens (tertiary/aromatic N) is 1. The van der Waals surface area contributed by atoms with Crippen LogP contribution in [-0.4, -0.2) is 47.7 Å². The van der Waals surface area contributed by atoms with E-state index in [1.54, 1.807) is 29.2 Å². The number of hydrogen-bond acceptors (Lipinski definition) is 4. The Hall–Kier alpha value is -1.53. The van der Waals surface area contributed by atoms with Crippen molar-refractivity contribution in [1.82, 2.24) is 4.90 Å². The summed E-state index contributed by atoms with van der Waals surface area (Å²) in [7, 11) is 0. The van der Waals surface area contributed by atoms with E-state index in [2.05, 4.69) is 0 Å². The number of carbonyl (C=O) groups is 2. The molecular formula is C20H24Cl2N2O2S. The Morgan fingerprint density at radius 2 is 1.63 bits per heavy atom. The number of benzene rings is 2. The molecule has 0 heterocycles. The van der Waals surface area contributed by atoms with Gasteiger partial charge in [-0.2, -0.15) is 0 Å². The van der Waals surface area contributed by atoms with Crippen LogP contribution in [-0.2, 0) is 11.2 Å². The van der Waals surface area contributed by atoms with E-state index in [0.29, 0.717) is 30.2 Å². The van der Waals surface area contributed by atoms with Gasteiger partial charge in [0, 0.05) is 30.2 Å². The molecule has 2 N–H and O–H groups in total. The van der Waals surface area contributed by atoms with E-state index in [-0.39, 0.29) is 35.6 Å². The Balaban J connectivity index is 0.00000364. The van der Waals surface area contributed by atoms with Gasteiger partial charge in [-0.25, -0.2) is 0 Å². The number of carbonyl (C=O) groups excluding carboxylic acids is 2. The van der Waals surface area contributed by atoms with Gasteiger partial charge in [0.15, 0.2) is 5.78 Å². The van der Waals surface area contributed by atoms with Crippen molar-refractivity contribution in [3.05, 3.63) is 70.7 Å². The van der Waals surface area contributed by atoms with Gasteiger partial charge in [-0.05, 0) is 36.2 Å². The van der Waals surface area contributed by atoms with E-state index in [1.807, 2.05) is 30.3 Å². The molecule has 0 fully saturated rings. The molecule has 0 atom stereocenters. The van der Waals surface area contributed by atoms with Crippen molar-refractivity contribution in [2.75, 3.05) is 31.1 Å². The van der Waals surface area contributed by atoms with E-state index in [4.69, 9.17) is 17.3 Å². The molecule has 0 spiro atoms. The predicted octanol–water partition coefficient (Wildman–Crippen LogP) is 3.71. The Kier molecular flexibility index (Phi) is 11.1. The summed E-state index contributed by atoms with van der Waals surface area (Å²) in [6.45, 7) is 1.58. The Morgan fingerprint density at radius 3 is 2.26 bits per heavy atom. The maximum atomic E-state index is 12.4. The monoisotopic (exact) mass is 426 g/mol. The Labute approximate surface area is 175 Å². The minimum absolute atomic E-state index is 0. The molecule has 2 aromatic rings. The molecule has 0 radical (unpaired) electrons. The highest BCUT2D eigenvalue weighted by atomic mass is 35.5. The summed E-state index contributed by atoms with van der Waals surface area (Å²) in [6, 6.07) is 16.8. The zero-order valence-corrected chi connectivity index (χ0v) is 17.4. The molecule has 2 rings (SSSR count). The van der Waals surface area contributed by atoms with Gasteiger partial charge >= 0.3 is 0 Å². The average molecular weight is 427 g/mol. The van der Waals surface area contributed by atoms with E-state index in [9.17, 15) is 9.59 Å². The summed E-state index contributed by atoms with van der Waals surface area (Å²) in [4.78, 5) is 26.3. The van der Waals surface area contributed by atoms with Gasteiger partial charge in [0.1, 0.15) is 0 Å². The number of thioether (sulfide) groups is 1. The van der Waals surface area contributed by atoms with Crippen molar-refractivity contribution < 1.29 is 9.59 Å². The highest BCUT2D eigenvalue weighted by Gasteiger charge is 2.14. The third-order valence-electron chi connectivity index (χ3n) is 3.89. The normalized spacial score (nSPS) is 10.1. The first-order valence-corrected chi connectivity index (χ1v) is 10.0. The van der Waals surface area contributed by atoms with Gasteiger partial charge in [0.05, 0.1) is 11.5 Å². The summed E-state index contributed by atoms with van der Waals surface area (Å²) in [5.41, 5.74) is 7.43. The topological polar surface area (TPSA) is 63.4 Å². The Bertz CT molecular complexity index is 712. The fourth-order valence-corrected chi connectivity index (χ4v) is 3.40. The molecular weight excluding hydrogens is 403 g/mol. The lowest BCUT2D eigenvalue weighted by Crippen LogP contribution is -2.38. The van der Waals surface area contributed by atoms with Gasteiger partial charge in [-0.3, -0.25) is 9.59 Å². The first-order valence-electron chi connectivity index (χ1n) is 8.48. The summed E-state index contributed by atoms with van der Waals surface area (Å²) >= 11 is 7.15. The summed E-state index contributed by atoms with van der Waals surface area (Å²) < 4.78 is 0. The highest BCUT2D eigenvalue weighted by Crippen LogP contribution is 2.13. The molecule has 0 aliphatic rings. The number of Topliss-reactive ketones (excluding diaryl/α,β-unsaturated/α-hetero) is 1. The van der Waals surface area contributed by atoms with E-state index < -0.39 is 0 Å². The molecule has 0 bridgehead atoms. The molecule has 0 aliphatic heterocycles. The predicted molar refractivity (Wildman–Crippen MR) is 116 cm³/mol. The Morgan fingerprint density at radius 1 is 0.963 bits per heavy atom. The zero-order valence-electron chi connectivity index (χ0n) is 15.0. The van der Waals surface area contributed by atoms with E-state index in [1.165, 1.54) is 17.3 Å². The molecule has 2 aromatic carbocycles. The van der Waals surface area contributed by atoms with Crippen molar-refractivity contribution in [3.8, 4) is 0 Å². The molecule has 4 nitrogen and oxygen atoms in total. The smallest absolute Gasteiger partial charge is 0.232 e. The molecule has 1 amide bonds. The van der Waals surface area contributed by atoms with Crippen molar-refractivity contribution >= 4 is 47.5 Å².